The third kappa shape index (κ3) is 4.82. The zero-order valence-corrected chi connectivity index (χ0v) is 10.9. The molecule has 0 bridgehead atoms. The summed E-state index contributed by atoms with van der Waals surface area (Å²) in [6.45, 7) is 1.89. The summed E-state index contributed by atoms with van der Waals surface area (Å²) in [6, 6.07) is 6.42. The summed E-state index contributed by atoms with van der Waals surface area (Å²) in [5.74, 6) is -0.734. The van der Waals surface area contributed by atoms with Crippen LogP contribution < -0.4 is 16.2 Å². The lowest BCUT2D eigenvalue weighted by Crippen LogP contribution is -2.37. The minimum Gasteiger partial charge on any atom is -0.353 e. The minimum absolute atomic E-state index is 0.0444. The van der Waals surface area contributed by atoms with E-state index < -0.39 is 22.0 Å². The molecule has 7 heteroatoms. The third-order valence-electron chi connectivity index (χ3n) is 2.40. The van der Waals surface area contributed by atoms with Crippen molar-refractivity contribution in [2.45, 2.75) is 13.0 Å². The number of benzene rings is 1. The molecular formula is C11H17N3O3S. The van der Waals surface area contributed by atoms with E-state index in [0.29, 0.717) is 5.56 Å². The maximum atomic E-state index is 11.6. The van der Waals surface area contributed by atoms with Gasteiger partial charge >= 0.3 is 0 Å². The van der Waals surface area contributed by atoms with Crippen LogP contribution in [0, 0.1) is 6.92 Å². The molecule has 1 unspecified atom stereocenters. The van der Waals surface area contributed by atoms with Gasteiger partial charge in [0.05, 0.1) is 5.75 Å². The van der Waals surface area contributed by atoms with Crippen LogP contribution in [-0.2, 0) is 14.8 Å². The summed E-state index contributed by atoms with van der Waals surface area (Å²) in [5.41, 5.74) is 7.49. The first kappa shape index (κ1) is 14.6. The molecule has 0 aromatic heterocycles. The second kappa shape index (κ2) is 5.94. The number of carbonyl (C=O) groups excluding carboxylic acids is 1. The van der Waals surface area contributed by atoms with Crippen molar-refractivity contribution in [2.75, 3.05) is 12.3 Å². The van der Waals surface area contributed by atoms with Crippen LogP contribution in [-0.4, -0.2) is 26.6 Å². The number of hydrogen-bond donors (Lipinski definition) is 3. The first-order chi connectivity index (χ1) is 8.29. The predicted octanol–water partition coefficient (Wildman–Crippen LogP) is -0.600. The van der Waals surface area contributed by atoms with Crippen LogP contribution in [0.1, 0.15) is 17.2 Å². The lowest BCUT2D eigenvalue weighted by Gasteiger charge is -2.12. The lowest BCUT2D eigenvalue weighted by atomic mass is 10.1. The van der Waals surface area contributed by atoms with Crippen molar-refractivity contribution in [3.8, 4) is 0 Å². The Kier molecular flexibility index (Phi) is 4.83. The molecule has 0 radical (unpaired) electrons. The molecule has 1 aromatic rings. The smallest absolute Gasteiger partial charge is 0.241 e. The van der Waals surface area contributed by atoms with Gasteiger partial charge in [-0.3, -0.25) is 4.79 Å². The van der Waals surface area contributed by atoms with Crippen molar-refractivity contribution in [3.63, 3.8) is 0 Å². The summed E-state index contributed by atoms with van der Waals surface area (Å²) < 4.78 is 21.4. The van der Waals surface area contributed by atoms with Crippen molar-refractivity contribution in [1.29, 1.82) is 0 Å². The van der Waals surface area contributed by atoms with E-state index in [4.69, 9.17) is 10.9 Å². The Morgan fingerprint density at radius 2 is 1.89 bits per heavy atom. The summed E-state index contributed by atoms with van der Waals surface area (Å²) in [6.07, 6.45) is 0. The molecule has 0 spiro atoms. The SMILES string of the molecule is Cc1ccc(C(N)C(=O)NCCS(N)(=O)=O)cc1. The molecule has 1 atom stereocenters. The van der Waals surface area contributed by atoms with Gasteiger partial charge in [0.15, 0.2) is 0 Å². The molecule has 0 aliphatic carbocycles. The van der Waals surface area contributed by atoms with Gasteiger partial charge in [-0.25, -0.2) is 13.6 Å². The van der Waals surface area contributed by atoms with E-state index in [9.17, 15) is 13.2 Å². The fourth-order valence-electron chi connectivity index (χ4n) is 1.35. The average molecular weight is 271 g/mol. The number of nitrogens with one attached hydrogen (secondary N) is 1. The molecule has 100 valence electrons. The molecule has 1 amide bonds. The summed E-state index contributed by atoms with van der Waals surface area (Å²) in [7, 11) is -3.57. The number of primary sulfonamides is 1. The fraction of sp³-hybridized carbons (Fsp3) is 0.364. The van der Waals surface area contributed by atoms with Gasteiger partial charge in [0.25, 0.3) is 0 Å². The molecule has 18 heavy (non-hydrogen) atoms. The van der Waals surface area contributed by atoms with Crippen LogP contribution >= 0.6 is 0 Å². The summed E-state index contributed by atoms with van der Waals surface area (Å²) >= 11 is 0. The highest BCUT2D eigenvalue weighted by molar-refractivity contribution is 7.89. The van der Waals surface area contributed by atoms with Gasteiger partial charge in [-0.05, 0) is 12.5 Å². The van der Waals surface area contributed by atoms with Crippen LogP contribution in [0.4, 0.5) is 0 Å². The highest BCUT2D eigenvalue weighted by Crippen LogP contribution is 2.11. The van der Waals surface area contributed by atoms with Gasteiger partial charge < -0.3 is 11.1 Å². The number of rotatable bonds is 5. The zero-order valence-electron chi connectivity index (χ0n) is 10.1. The molecule has 1 rings (SSSR count). The van der Waals surface area contributed by atoms with Crippen LogP contribution in [0.3, 0.4) is 0 Å². The van der Waals surface area contributed by atoms with Gasteiger partial charge in [-0.15, -0.1) is 0 Å². The van der Waals surface area contributed by atoms with Crippen molar-refractivity contribution in [2.24, 2.45) is 10.9 Å². The van der Waals surface area contributed by atoms with E-state index in [1.54, 1.807) is 12.1 Å². The number of hydrogen-bond acceptors (Lipinski definition) is 4. The van der Waals surface area contributed by atoms with E-state index in [1.807, 2.05) is 19.1 Å². The third-order valence-corrected chi connectivity index (χ3v) is 3.18. The monoisotopic (exact) mass is 271 g/mol. The topological polar surface area (TPSA) is 115 Å². The predicted molar refractivity (Wildman–Crippen MR) is 69.1 cm³/mol. The first-order valence-corrected chi connectivity index (χ1v) is 7.11. The fourth-order valence-corrected chi connectivity index (χ4v) is 1.74. The van der Waals surface area contributed by atoms with E-state index in [0.717, 1.165) is 5.56 Å². The van der Waals surface area contributed by atoms with E-state index >= 15 is 0 Å². The molecule has 0 saturated heterocycles. The quantitative estimate of drug-likeness (QED) is 0.663. The van der Waals surface area contributed by atoms with Gasteiger partial charge in [-0.2, -0.15) is 0 Å². The largest absolute Gasteiger partial charge is 0.353 e. The molecule has 1 aromatic carbocycles. The standard InChI is InChI=1S/C11H17N3O3S/c1-8-2-4-9(5-3-8)10(12)11(15)14-6-7-18(13,16)17/h2-5,10H,6-7,12H2,1H3,(H,14,15)(H2,13,16,17). The lowest BCUT2D eigenvalue weighted by molar-refractivity contribution is -0.122. The molecule has 0 aliphatic rings. The normalized spacial score (nSPS) is 13.1. The van der Waals surface area contributed by atoms with Crippen molar-refractivity contribution >= 4 is 15.9 Å². The van der Waals surface area contributed by atoms with Crippen molar-refractivity contribution < 1.29 is 13.2 Å². The number of nitrogens with two attached hydrogens (primary N) is 2. The highest BCUT2D eigenvalue weighted by atomic mass is 32.2. The Bertz CT molecular complexity index is 511. The number of sulfonamides is 1. The summed E-state index contributed by atoms with van der Waals surface area (Å²) in [5, 5.41) is 7.24. The highest BCUT2D eigenvalue weighted by Gasteiger charge is 2.15. The van der Waals surface area contributed by atoms with Crippen molar-refractivity contribution in [3.05, 3.63) is 35.4 Å². The van der Waals surface area contributed by atoms with Crippen molar-refractivity contribution in [1.82, 2.24) is 5.32 Å². The maximum absolute atomic E-state index is 11.6. The maximum Gasteiger partial charge on any atom is 0.241 e. The molecule has 0 saturated carbocycles. The van der Waals surface area contributed by atoms with E-state index in [1.165, 1.54) is 0 Å². The summed E-state index contributed by atoms with van der Waals surface area (Å²) in [4.78, 5) is 11.6. The van der Waals surface area contributed by atoms with E-state index in [-0.39, 0.29) is 12.3 Å². The Morgan fingerprint density at radius 3 is 2.39 bits per heavy atom. The molecule has 0 fully saturated rings. The van der Waals surface area contributed by atoms with Crippen LogP contribution in [0.15, 0.2) is 24.3 Å². The Hall–Kier alpha value is -1.44. The number of carbonyl (C=O) groups is 1. The van der Waals surface area contributed by atoms with Gasteiger partial charge in [-0.1, -0.05) is 29.8 Å². The van der Waals surface area contributed by atoms with E-state index in [2.05, 4.69) is 5.32 Å². The molecule has 0 aliphatic heterocycles. The second-order valence-electron chi connectivity index (χ2n) is 4.05. The van der Waals surface area contributed by atoms with Crippen LogP contribution in [0.25, 0.3) is 0 Å². The molecule has 5 N–H and O–H groups in total. The minimum atomic E-state index is -3.57. The molecular weight excluding hydrogens is 254 g/mol. The van der Waals surface area contributed by atoms with Gasteiger partial charge in [0.1, 0.15) is 6.04 Å². The van der Waals surface area contributed by atoms with Gasteiger partial charge in [0.2, 0.25) is 15.9 Å². The molecule has 6 nitrogen and oxygen atoms in total. The Balaban J connectivity index is 2.54. The Morgan fingerprint density at radius 1 is 1.33 bits per heavy atom. The average Bonchev–Trinajstić information content (AvgIpc) is 2.27. The van der Waals surface area contributed by atoms with Crippen LogP contribution in [0.5, 0.6) is 0 Å². The number of amides is 1. The van der Waals surface area contributed by atoms with Crippen LogP contribution in [0.2, 0.25) is 0 Å². The second-order valence-corrected chi connectivity index (χ2v) is 5.78. The first-order valence-electron chi connectivity index (χ1n) is 5.40. The molecule has 0 heterocycles. The number of aryl methyl sites for hydroxylation is 1. The zero-order chi connectivity index (χ0) is 13.8. The Labute approximate surface area is 106 Å². The van der Waals surface area contributed by atoms with Gasteiger partial charge in [0, 0.05) is 6.54 Å².